The first kappa shape index (κ1) is 25.1. The molecule has 0 fully saturated rings. The van der Waals surface area contributed by atoms with Gasteiger partial charge in [0.1, 0.15) is 22.5 Å². The van der Waals surface area contributed by atoms with Crippen molar-refractivity contribution in [3.8, 4) is 16.9 Å². The third-order valence-corrected chi connectivity index (χ3v) is 7.15. The number of carbonyl (C=O) groups is 2. The number of fused-ring (bicyclic) bond motifs is 2. The van der Waals surface area contributed by atoms with E-state index in [9.17, 15) is 14.7 Å². The highest BCUT2D eigenvalue weighted by atomic mass is 32.1. The Kier molecular flexibility index (Phi) is 6.59. The average Bonchev–Trinajstić information content (AvgIpc) is 3.55. The molecule has 0 aliphatic heterocycles. The van der Waals surface area contributed by atoms with Crippen LogP contribution in [0.2, 0.25) is 0 Å². The van der Waals surface area contributed by atoms with Crippen LogP contribution in [0.3, 0.4) is 0 Å². The molecule has 0 saturated carbocycles. The van der Waals surface area contributed by atoms with Gasteiger partial charge in [0.2, 0.25) is 0 Å². The monoisotopic (exact) mass is 549 g/mol. The van der Waals surface area contributed by atoms with Gasteiger partial charge in [-0.3, -0.25) is 0 Å². The summed E-state index contributed by atoms with van der Waals surface area (Å²) in [4.78, 5) is 25.6. The molecule has 3 N–H and O–H groups in total. The van der Waals surface area contributed by atoms with Gasteiger partial charge in [-0.1, -0.05) is 42.5 Å². The molecular weight excluding hydrogens is 526 g/mol. The minimum Gasteiger partial charge on any atom is -0.496 e. The van der Waals surface area contributed by atoms with E-state index in [0.29, 0.717) is 45.7 Å². The van der Waals surface area contributed by atoms with Crippen molar-refractivity contribution >= 4 is 57.0 Å². The third kappa shape index (κ3) is 4.72. The van der Waals surface area contributed by atoms with E-state index in [4.69, 9.17) is 4.74 Å². The highest BCUT2D eigenvalue weighted by Crippen LogP contribution is 2.41. The van der Waals surface area contributed by atoms with E-state index in [0.717, 1.165) is 28.3 Å². The largest absolute Gasteiger partial charge is 0.496 e. The van der Waals surface area contributed by atoms with Gasteiger partial charge in [0, 0.05) is 39.9 Å². The number of urea groups is 1. The molecule has 0 atom stereocenters. The quantitative estimate of drug-likeness (QED) is 0.204. The summed E-state index contributed by atoms with van der Waals surface area (Å²) in [5, 5.41) is 16.8. The molecule has 6 rings (SSSR count). The maximum atomic E-state index is 12.9. The fraction of sp³-hybridized carbons (Fsp3) is 0.0667. The molecule has 0 saturated heterocycles. The molecule has 0 bridgehead atoms. The van der Waals surface area contributed by atoms with Crippen molar-refractivity contribution in [3.63, 3.8) is 0 Å². The van der Waals surface area contributed by atoms with E-state index < -0.39 is 12.0 Å². The number of nitrogens with zero attached hydrogens (tertiary/aromatic N) is 3. The summed E-state index contributed by atoms with van der Waals surface area (Å²) in [6, 6.07) is 27.1. The third-order valence-electron chi connectivity index (χ3n) is 6.59. The van der Waals surface area contributed by atoms with Gasteiger partial charge in [0.25, 0.3) is 0 Å². The van der Waals surface area contributed by atoms with Gasteiger partial charge in [-0.15, -0.1) is 0 Å². The SMILES string of the molecule is COc1ccccc1-c1c(C(=O)O)n(Cc2ccc3nsnc3c2)c2ccc(NC(=O)Nc3ccccc3)cc12. The lowest BCUT2D eigenvalue weighted by Gasteiger charge is -2.11. The number of carbonyl (C=O) groups excluding carboxylic acids is 1. The van der Waals surface area contributed by atoms with Crippen molar-refractivity contribution in [2.75, 3.05) is 17.7 Å². The van der Waals surface area contributed by atoms with Crippen molar-refractivity contribution in [2.45, 2.75) is 6.54 Å². The van der Waals surface area contributed by atoms with Gasteiger partial charge in [-0.25, -0.2) is 9.59 Å². The van der Waals surface area contributed by atoms with Crippen LogP contribution in [0.5, 0.6) is 5.75 Å². The van der Waals surface area contributed by atoms with Crippen LogP contribution in [-0.4, -0.2) is 37.5 Å². The topological polar surface area (TPSA) is 118 Å². The van der Waals surface area contributed by atoms with Crippen molar-refractivity contribution in [1.29, 1.82) is 0 Å². The van der Waals surface area contributed by atoms with Crippen LogP contribution in [0.15, 0.2) is 91.0 Å². The molecule has 0 radical (unpaired) electrons. The second-order valence-electron chi connectivity index (χ2n) is 9.08. The Morgan fingerprint density at radius 2 is 1.62 bits per heavy atom. The number of carboxylic acid groups (broad SMARTS) is 1. The van der Waals surface area contributed by atoms with E-state index in [1.807, 2.05) is 60.7 Å². The Morgan fingerprint density at radius 1 is 0.875 bits per heavy atom. The summed E-state index contributed by atoms with van der Waals surface area (Å²) >= 11 is 1.14. The molecule has 9 nitrogen and oxygen atoms in total. The van der Waals surface area contributed by atoms with Gasteiger partial charge < -0.3 is 25.0 Å². The number of benzene rings is 4. The van der Waals surface area contributed by atoms with Crippen LogP contribution in [0.4, 0.5) is 16.2 Å². The summed E-state index contributed by atoms with van der Waals surface area (Å²) in [7, 11) is 1.55. The Bertz CT molecular complexity index is 1880. The van der Waals surface area contributed by atoms with Gasteiger partial charge in [-0.05, 0) is 54.1 Å². The van der Waals surface area contributed by atoms with Crippen molar-refractivity contribution in [2.24, 2.45) is 0 Å². The number of hydrogen-bond acceptors (Lipinski definition) is 6. The maximum absolute atomic E-state index is 12.9. The first-order chi connectivity index (χ1) is 19.5. The van der Waals surface area contributed by atoms with E-state index in [1.54, 1.807) is 42.0 Å². The number of anilines is 2. The lowest BCUT2D eigenvalue weighted by atomic mass is 10.0. The predicted octanol–water partition coefficient (Wildman–Crippen LogP) is 6.71. The number of amides is 2. The number of carboxylic acids is 1. The predicted molar refractivity (Wildman–Crippen MR) is 156 cm³/mol. The van der Waals surface area contributed by atoms with E-state index >= 15 is 0 Å². The molecule has 2 amide bonds. The minimum absolute atomic E-state index is 0.113. The van der Waals surface area contributed by atoms with Crippen LogP contribution >= 0.6 is 11.7 Å². The molecule has 0 aliphatic rings. The first-order valence-corrected chi connectivity index (χ1v) is 13.1. The number of aromatic carboxylic acids is 1. The molecule has 2 aromatic heterocycles. The number of hydrogen-bond donors (Lipinski definition) is 3. The molecule has 2 heterocycles. The lowest BCUT2D eigenvalue weighted by molar-refractivity contribution is 0.0687. The van der Waals surface area contributed by atoms with E-state index in [2.05, 4.69) is 19.4 Å². The van der Waals surface area contributed by atoms with Crippen molar-refractivity contribution in [1.82, 2.24) is 13.3 Å². The Balaban J connectivity index is 1.49. The van der Waals surface area contributed by atoms with Crippen LogP contribution in [0, 0.1) is 0 Å². The molecule has 0 aliphatic carbocycles. The number of rotatable bonds is 7. The molecule has 4 aromatic carbocycles. The molecular formula is C30H23N5O4S. The Hall–Kier alpha value is -5.22. The highest BCUT2D eigenvalue weighted by Gasteiger charge is 2.26. The molecule has 40 heavy (non-hydrogen) atoms. The van der Waals surface area contributed by atoms with Gasteiger partial charge in [0.15, 0.2) is 0 Å². The van der Waals surface area contributed by atoms with Gasteiger partial charge >= 0.3 is 12.0 Å². The van der Waals surface area contributed by atoms with Crippen LogP contribution < -0.4 is 15.4 Å². The number of para-hydroxylation sites is 2. The first-order valence-electron chi connectivity index (χ1n) is 12.4. The number of aromatic nitrogens is 3. The van der Waals surface area contributed by atoms with Crippen LogP contribution in [-0.2, 0) is 6.54 Å². The highest BCUT2D eigenvalue weighted by molar-refractivity contribution is 7.00. The van der Waals surface area contributed by atoms with E-state index in [-0.39, 0.29) is 5.69 Å². The van der Waals surface area contributed by atoms with Crippen molar-refractivity contribution < 1.29 is 19.4 Å². The molecule has 0 spiro atoms. The van der Waals surface area contributed by atoms with Gasteiger partial charge in [0.05, 0.1) is 18.8 Å². The van der Waals surface area contributed by atoms with Crippen LogP contribution in [0.25, 0.3) is 33.1 Å². The molecule has 10 heteroatoms. The fourth-order valence-electron chi connectivity index (χ4n) is 4.87. The summed E-state index contributed by atoms with van der Waals surface area (Å²) < 4.78 is 16.0. The zero-order valence-corrected chi connectivity index (χ0v) is 22.1. The van der Waals surface area contributed by atoms with E-state index in [1.165, 1.54) is 0 Å². The molecule has 0 unspecified atom stereocenters. The summed E-state index contributed by atoms with van der Waals surface area (Å²) in [6.45, 7) is 0.294. The Morgan fingerprint density at radius 3 is 2.42 bits per heavy atom. The number of nitrogens with one attached hydrogen (secondary N) is 2. The second kappa shape index (κ2) is 10.5. The normalized spacial score (nSPS) is 11.0. The van der Waals surface area contributed by atoms with Gasteiger partial charge in [-0.2, -0.15) is 8.75 Å². The summed E-state index contributed by atoms with van der Waals surface area (Å²) in [5.41, 5.74) is 5.56. The average molecular weight is 550 g/mol. The Labute approximate surface area is 233 Å². The lowest BCUT2D eigenvalue weighted by Crippen LogP contribution is -2.19. The standard InChI is InChI=1S/C30H23N5O4S/c1-39-26-10-6-5-9-21(26)27-22-16-20(32-30(38)31-19-7-3-2-4-8-19)12-14-25(22)35(28(27)29(36)37)17-18-11-13-23-24(15-18)34-40-33-23/h2-16H,17H2,1H3,(H,36,37)(H2,31,32,38). The summed E-state index contributed by atoms with van der Waals surface area (Å²) in [6.07, 6.45) is 0. The molecule has 198 valence electrons. The zero-order chi connectivity index (χ0) is 27.6. The van der Waals surface area contributed by atoms with Crippen molar-refractivity contribution in [3.05, 3.63) is 102 Å². The minimum atomic E-state index is -1.08. The number of methoxy groups -OCH3 is 1. The van der Waals surface area contributed by atoms with Crippen LogP contribution in [0.1, 0.15) is 16.1 Å². The number of ether oxygens (including phenoxy) is 1. The maximum Gasteiger partial charge on any atom is 0.353 e. The molecule has 6 aromatic rings. The fourth-order valence-corrected chi connectivity index (χ4v) is 5.38. The second-order valence-corrected chi connectivity index (χ2v) is 9.61. The summed E-state index contributed by atoms with van der Waals surface area (Å²) in [5.74, 6) is -0.538. The smallest absolute Gasteiger partial charge is 0.353 e. The zero-order valence-electron chi connectivity index (χ0n) is 21.3.